The van der Waals surface area contributed by atoms with E-state index >= 15 is 0 Å². The number of halogens is 3. The predicted molar refractivity (Wildman–Crippen MR) is 78.3 cm³/mol. The summed E-state index contributed by atoms with van der Waals surface area (Å²) in [5.41, 5.74) is 2.40. The third-order valence-corrected chi connectivity index (χ3v) is 4.14. The Morgan fingerprint density at radius 3 is 2.67 bits per heavy atom. The third kappa shape index (κ3) is 4.20. The van der Waals surface area contributed by atoms with E-state index in [0.717, 1.165) is 31.4 Å². The van der Waals surface area contributed by atoms with Gasteiger partial charge in [-0.25, -0.2) is 0 Å². The van der Waals surface area contributed by atoms with Crippen molar-refractivity contribution in [2.45, 2.75) is 44.4 Å². The van der Waals surface area contributed by atoms with Gasteiger partial charge in [0.05, 0.1) is 6.54 Å². The fourth-order valence-electron chi connectivity index (χ4n) is 3.28. The molecule has 1 aromatic carbocycles. The summed E-state index contributed by atoms with van der Waals surface area (Å²) in [6.07, 6.45) is -1.52. The van der Waals surface area contributed by atoms with Gasteiger partial charge in [-0.1, -0.05) is 31.2 Å². The third-order valence-electron chi connectivity index (χ3n) is 4.14. The van der Waals surface area contributed by atoms with Gasteiger partial charge in [-0.15, -0.1) is 0 Å². The summed E-state index contributed by atoms with van der Waals surface area (Å²) in [6.45, 7) is 1.88. The molecule has 1 aliphatic rings. The van der Waals surface area contributed by atoms with Crippen LogP contribution in [0, 0.1) is 0 Å². The minimum Gasteiger partial charge on any atom is -0.309 e. The molecule has 0 spiro atoms. The summed E-state index contributed by atoms with van der Waals surface area (Å²) in [5.74, 6) is 0. The average Bonchev–Trinajstić information content (AvgIpc) is 2.57. The Morgan fingerprint density at radius 2 is 2.00 bits per heavy atom. The van der Waals surface area contributed by atoms with Gasteiger partial charge in [0.1, 0.15) is 0 Å². The second-order valence-electron chi connectivity index (χ2n) is 5.72. The zero-order valence-corrected chi connectivity index (χ0v) is 12.6. The first-order valence-electron chi connectivity index (χ1n) is 7.50. The van der Waals surface area contributed by atoms with E-state index in [0.29, 0.717) is 0 Å². The van der Waals surface area contributed by atoms with E-state index in [4.69, 9.17) is 0 Å². The van der Waals surface area contributed by atoms with Crippen LogP contribution in [0.4, 0.5) is 13.2 Å². The molecule has 0 radical (unpaired) electrons. The molecule has 118 valence electrons. The van der Waals surface area contributed by atoms with Crippen LogP contribution in [-0.2, 0) is 6.42 Å². The van der Waals surface area contributed by atoms with E-state index in [1.807, 2.05) is 25.1 Å². The van der Waals surface area contributed by atoms with E-state index in [2.05, 4.69) is 11.4 Å². The molecular weight excluding hydrogens is 277 g/mol. The van der Waals surface area contributed by atoms with E-state index < -0.39 is 12.7 Å². The van der Waals surface area contributed by atoms with Gasteiger partial charge >= 0.3 is 6.18 Å². The van der Waals surface area contributed by atoms with E-state index in [1.165, 1.54) is 10.5 Å². The monoisotopic (exact) mass is 300 g/mol. The van der Waals surface area contributed by atoms with Crippen molar-refractivity contribution in [3.63, 3.8) is 0 Å². The van der Waals surface area contributed by atoms with E-state index in [9.17, 15) is 13.2 Å². The molecule has 0 aliphatic heterocycles. The summed E-state index contributed by atoms with van der Waals surface area (Å²) in [7, 11) is 1.58. The number of hydrogen-bond donors (Lipinski definition) is 1. The summed E-state index contributed by atoms with van der Waals surface area (Å²) >= 11 is 0. The molecule has 1 aliphatic carbocycles. The number of hydrogen-bond acceptors (Lipinski definition) is 2. The molecule has 0 aromatic heterocycles. The molecule has 21 heavy (non-hydrogen) atoms. The highest BCUT2D eigenvalue weighted by Crippen LogP contribution is 2.32. The zero-order chi connectivity index (χ0) is 15.5. The van der Waals surface area contributed by atoms with Crippen molar-refractivity contribution in [2.75, 3.05) is 20.1 Å². The lowest BCUT2D eigenvalue weighted by Gasteiger charge is -2.35. The molecule has 2 rings (SSSR count). The normalized spacial score (nSPS) is 23.0. The van der Waals surface area contributed by atoms with Gasteiger partial charge in [0.15, 0.2) is 0 Å². The van der Waals surface area contributed by atoms with Crippen LogP contribution >= 0.6 is 0 Å². The molecule has 1 N–H and O–H groups in total. The van der Waals surface area contributed by atoms with Crippen LogP contribution in [-0.4, -0.2) is 37.3 Å². The molecule has 0 bridgehead atoms. The van der Waals surface area contributed by atoms with Crippen molar-refractivity contribution in [1.82, 2.24) is 10.2 Å². The Balaban J connectivity index is 2.27. The number of aryl methyl sites for hydroxylation is 1. The highest BCUT2D eigenvalue weighted by Gasteiger charge is 2.36. The van der Waals surface area contributed by atoms with Crippen molar-refractivity contribution < 1.29 is 13.2 Å². The lowest BCUT2D eigenvalue weighted by molar-refractivity contribution is -0.149. The van der Waals surface area contributed by atoms with Crippen LogP contribution in [0.25, 0.3) is 0 Å². The SMILES string of the molecule is CCNC1c2ccccc2CCCC1N(C)CC(F)(F)F. The Morgan fingerprint density at radius 1 is 1.29 bits per heavy atom. The van der Waals surface area contributed by atoms with Crippen LogP contribution in [0.3, 0.4) is 0 Å². The molecule has 1 aromatic rings. The van der Waals surface area contributed by atoms with Gasteiger partial charge in [-0.2, -0.15) is 13.2 Å². The highest BCUT2D eigenvalue weighted by molar-refractivity contribution is 5.32. The fourth-order valence-corrected chi connectivity index (χ4v) is 3.28. The van der Waals surface area contributed by atoms with Crippen molar-refractivity contribution in [2.24, 2.45) is 0 Å². The summed E-state index contributed by atoms with van der Waals surface area (Å²) < 4.78 is 38.1. The Kier molecular flexibility index (Phi) is 5.27. The first kappa shape index (κ1) is 16.3. The van der Waals surface area contributed by atoms with E-state index in [1.54, 1.807) is 7.05 Å². The Labute approximate surface area is 124 Å². The van der Waals surface area contributed by atoms with Crippen molar-refractivity contribution >= 4 is 0 Å². The van der Waals surface area contributed by atoms with Crippen LogP contribution < -0.4 is 5.32 Å². The Hall–Kier alpha value is -1.07. The number of rotatable bonds is 4. The quantitative estimate of drug-likeness (QED) is 0.856. The van der Waals surface area contributed by atoms with Gasteiger partial charge in [-0.3, -0.25) is 4.90 Å². The fraction of sp³-hybridized carbons (Fsp3) is 0.625. The van der Waals surface area contributed by atoms with Gasteiger partial charge in [0.25, 0.3) is 0 Å². The van der Waals surface area contributed by atoms with Crippen LogP contribution in [0.2, 0.25) is 0 Å². The Bertz CT molecular complexity index is 459. The lowest BCUT2D eigenvalue weighted by Crippen LogP contribution is -2.46. The second-order valence-corrected chi connectivity index (χ2v) is 5.72. The van der Waals surface area contributed by atoms with Gasteiger partial charge in [0.2, 0.25) is 0 Å². The number of nitrogens with one attached hydrogen (secondary N) is 1. The molecule has 0 amide bonds. The number of fused-ring (bicyclic) bond motifs is 1. The summed E-state index contributed by atoms with van der Waals surface area (Å²) in [6, 6.07) is 7.93. The molecule has 0 saturated heterocycles. The van der Waals surface area contributed by atoms with E-state index in [-0.39, 0.29) is 12.1 Å². The van der Waals surface area contributed by atoms with Gasteiger partial charge < -0.3 is 5.32 Å². The van der Waals surface area contributed by atoms with Crippen molar-refractivity contribution in [3.05, 3.63) is 35.4 Å². The number of nitrogens with zero attached hydrogens (tertiary/aromatic N) is 1. The molecule has 2 atom stereocenters. The van der Waals surface area contributed by atoms with Crippen molar-refractivity contribution in [3.8, 4) is 0 Å². The molecular formula is C16H23F3N2. The molecule has 5 heteroatoms. The van der Waals surface area contributed by atoms with Gasteiger partial charge in [0, 0.05) is 12.1 Å². The molecule has 0 fully saturated rings. The topological polar surface area (TPSA) is 15.3 Å². The summed E-state index contributed by atoms with van der Waals surface area (Å²) in [4.78, 5) is 1.45. The predicted octanol–water partition coefficient (Wildman–Crippen LogP) is 3.54. The van der Waals surface area contributed by atoms with Crippen LogP contribution in [0.1, 0.15) is 36.9 Å². The number of likely N-dealkylation sites (N-methyl/N-ethyl adjacent to an activating group) is 2. The number of alkyl halides is 3. The highest BCUT2D eigenvalue weighted by atomic mass is 19.4. The zero-order valence-electron chi connectivity index (χ0n) is 12.6. The maximum absolute atomic E-state index is 12.7. The second kappa shape index (κ2) is 6.79. The smallest absolute Gasteiger partial charge is 0.309 e. The first-order chi connectivity index (χ1) is 9.92. The van der Waals surface area contributed by atoms with Crippen LogP contribution in [0.5, 0.6) is 0 Å². The van der Waals surface area contributed by atoms with Crippen LogP contribution in [0.15, 0.2) is 24.3 Å². The maximum Gasteiger partial charge on any atom is 0.401 e. The molecule has 2 unspecified atom stereocenters. The maximum atomic E-state index is 12.7. The minimum atomic E-state index is -4.16. The van der Waals surface area contributed by atoms with Crippen molar-refractivity contribution in [1.29, 1.82) is 0 Å². The first-order valence-corrected chi connectivity index (χ1v) is 7.50. The number of benzene rings is 1. The average molecular weight is 300 g/mol. The molecule has 2 nitrogen and oxygen atoms in total. The largest absolute Gasteiger partial charge is 0.401 e. The lowest BCUT2D eigenvalue weighted by atomic mass is 9.95. The summed E-state index contributed by atoms with van der Waals surface area (Å²) in [5, 5.41) is 3.39. The standard InChI is InChI=1S/C16H23F3N2/c1-3-20-15-13-9-5-4-7-12(13)8-6-10-14(15)21(2)11-16(17,18)19/h4-5,7,9,14-15,20H,3,6,8,10-11H2,1-2H3. The van der Waals surface area contributed by atoms with Gasteiger partial charge in [-0.05, 0) is 44.0 Å². The molecule has 0 saturated carbocycles. The molecule has 0 heterocycles. The minimum absolute atomic E-state index is 0.0407.